The van der Waals surface area contributed by atoms with E-state index in [0.29, 0.717) is 13.2 Å². The van der Waals surface area contributed by atoms with Crippen LogP contribution in [-0.4, -0.2) is 13.2 Å². The Bertz CT molecular complexity index is 2220. The van der Waals surface area contributed by atoms with Crippen molar-refractivity contribution in [3.63, 3.8) is 0 Å². The third-order valence-electron chi connectivity index (χ3n) is 9.61. The molecule has 1 aliphatic heterocycles. The zero-order valence-corrected chi connectivity index (χ0v) is 32.5. The van der Waals surface area contributed by atoms with Gasteiger partial charge >= 0.3 is 314 Å². The molecule has 0 atom stereocenters. The molecular weight excluding hydrogens is 814 g/mol. The summed E-state index contributed by atoms with van der Waals surface area (Å²) >= 11 is 1.83. The van der Waals surface area contributed by atoms with Gasteiger partial charge < -0.3 is 0 Å². The van der Waals surface area contributed by atoms with Gasteiger partial charge in [0.1, 0.15) is 0 Å². The number of benzene rings is 6. The number of hydrogen-bond acceptors (Lipinski definition) is 1. The van der Waals surface area contributed by atoms with Crippen LogP contribution in [0.15, 0.2) is 186 Å². The van der Waals surface area contributed by atoms with Gasteiger partial charge in [-0.05, 0) is 0 Å². The summed E-state index contributed by atoms with van der Waals surface area (Å²) in [6.07, 6.45) is 14.8. The second-order valence-electron chi connectivity index (χ2n) is 12.6. The van der Waals surface area contributed by atoms with Crippen LogP contribution in [-0.2, 0) is 22.7 Å². The fourth-order valence-corrected chi connectivity index (χ4v) is 13.2. The molecule has 7 rings (SSSR count). The van der Waals surface area contributed by atoms with Crippen molar-refractivity contribution in [1.82, 2.24) is 0 Å². The molecule has 0 spiro atoms. The Morgan fingerprint density at radius 3 is 1.49 bits per heavy atom. The number of hydrogen-bond donors (Lipinski definition) is 0. The van der Waals surface area contributed by atoms with Crippen LogP contribution in [0.4, 0.5) is 0 Å². The fourth-order valence-electron chi connectivity index (χ4n) is 7.40. The van der Waals surface area contributed by atoms with Crippen molar-refractivity contribution in [3.05, 3.63) is 197 Å². The normalized spacial score (nSPS) is 15.7. The molecule has 0 amide bonds. The van der Waals surface area contributed by atoms with E-state index in [1.54, 1.807) is 0 Å². The molecule has 1 aliphatic rings. The van der Waals surface area contributed by atoms with E-state index in [1.807, 2.05) is 17.9 Å². The van der Waals surface area contributed by atoms with Crippen molar-refractivity contribution in [2.45, 2.75) is 20.3 Å². The Labute approximate surface area is 312 Å². The van der Waals surface area contributed by atoms with Crippen LogP contribution in [0.1, 0.15) is 31.4 Å². The van der Waals surface area contributed by atoms with Crippen molar-refractivity contribution < 1.29 is 22.7 Å². The molecule has 51 heavy (non-hydrogen) atoms. The number of fused-ring (bicyclic) bond motifs is 2. The van der Waals surface area contributed by atoms with Crippen molar-refractivity contribution in [2.75, 3.05) is 13.2 Å². The Balaban J connectivity index is 1.61. The molecule has 1 nitrogen and oxygen atoms in total. The summed E-state index contributed by atoms with van der Waals surface area (Å²) < 4.78 is 9.98. The minimum absolute atomic E-state index is 0.597. The zero-order chi connectivity index (χ0) is 35.0. The summed E-state index contributed by atoms with van der Waals surface area (Å²) in [4.78, 5) is 0. The van der Waals surface area contributed by atoms with Crippen molar-refractivity contribution in [1.29, 1.82) is 0 Å². The molecule has 0 radical (unpaired) electrons. The van der Waals surface area contributed by atoms with E-state index in [1.165, 1.54) is 65.0 Å². The molecule has 1 fully saturated rings. The molecule has 1 heterocycles. The standard InChI is InChI=1S/C48H41OP.Os/c1-4-19-38-34-49-35-39(38)33-37(31-32-48-46-29-17-15-27-44(46)43(20-5-2)45-28-16-18-30-47(45)48)36(3)50(40-21-9-6-10-22-40,41-23-11-7-12-24-41)42-25-13-8-14-26-42;/h5-33H,4,34-35H2,1-2H3;/q+1;/b20-5+,32-31+,37-36?,38-19?,39-33?;. The van der Waals surface area contributed by atoms with E-state index < -0.39 is 7.26 Å². The molecule has 0 aromatic heterocycles. The van der Waals surface area contributed by atoms with E-state index in [9.17, 15) is 0 Å². The predicted molar refractivity (Wildman–Crippen MR) is 219 cm³/mol. The molecule has 6 aromatic rings. The Morgan fingerprint density at radius 2 is 1.06 bits per heavy atom. The van der Waals surface area contributed by atoms with Crippen LogP contribution in [0.3, 0.4) is 0 Å². The average molecular weight is 855 g/mol. The van der Waals surface area contributed by atoms with Crippen LogP contribution in [0, 0.1) is 4.37 Å². The molecule has 251 valence electrons. The van der Waals surface area contributed by atoms with Gasteiger partial charge in [-0.3, -0.25) is 0 Å². The first-order valence-electron chi connectivity index (χ1n) is 17.6. The molecule has 6 aromatic carbocycles. The molecule has 0 N–H and O–H groups in total. The van der Waals surface area contributed by atoms with Crippen molar-refractivity contribution >= 4 is 56.9 Å². The SMILES string of the molecule is C/C=C/c1c2ccccc2c(/C=C/C(C=C2COCC2=CCC)=C([C]#[Os])[P+](c2ccccc2)(c2ccccc2)c2ccccc2)c2ccccc12. The summed E-state index contributed by atoms with van der Waals surface area (Å²) in [7, 11) is -2.44. The van der Waals surface area contributed by atoms with Gasteiger partial charge in [-0.25, -0.2) is 0 Å². The van der Waals surface area contributed by atoms with Gasteiger partial charge in [-0.1, -0.05) is 0 Å². The van der Waals surface area contributed by atoms with Crippen LogP contribution in [0.2, 0.25) is 0 Å². The zero-order valence-electron chi connectivity index (χ0n) is 29.1. The molecule has 0 unspecified atom stereocenters. The summed E-state index contributed by atoms with van der Waals surface area (Å²) in [5.74, 6) is 0. The summed E-state index contributed by atoms with van der Waals surface area (Å²) in [5, 5.41) is 10.1. The van der Waals surface area contributed by atoms with E-state index in [2.05, 4.69) is 194 Å². The summed E-state index contributed by atoms with van der Waals surface area (Å²) in [6.45, 7) is 5.53. The maximum absolute atomic E-state index is 6.09. The Kier molecular flexibility index (Phi) is 11.0. The summed E-state index contributed by atoms with van der Waals surface area (Å²) in [6, 6.07) is 50.9. The quantitative estimate of drug-likeness (QED) is 0.0800. The molecule has 3 heteroatoms. The van der Waals surface area contributed by atoms with E-state index in [-0.39, 0.29) is 0 Å². The average Bonchev–Trinajstić information content (AvgIpc) is 3.63. The van der Waals surface area contributed by atoms with Crippen molar-refractivity contribution in [3.8, 4) is 4.37 Å². The molecule has 1 saturated heterocycles. The fraction of sp³-hybridized carbons (Fsp3) is 0.104. The van der Waals surface area contributed by atoms with Crippen LogP contribution in [0.5, 0.6) is 0 Å². The monoisotopic (exact) mass is 856 g/mol. The van der Waals surface area contributed by atoms with Gasteiger partial charge in [0.25, 0.3) is 0 Å². The van der Waals surface area contributed by atoms with Crippen LogP contribution in [0.25, 0.3) is 33.7 Å². The second kappa shape index (κ2) is 16.1. The number of allylic oxidation sites excluding steroid dienone is 6. The minimum atomic E-state index is -2.44. The summed E-state index contributed by atoms with van der Waals surface area (Å²) in [5.41, 5.74) is 6.14. The predicted octanol–water partition coefficient (Wildman–Crippen LogP) is 11.1. The molecule has 0 saturated carbocycles. The van der Waals surface area contributed by atoms with Crippen LogP contribution >= 0.6 is 7.26 Å². The third-order valence-corrected chi connectivity index (χ3v) is 15.0. The maximum atomic E-state index is 6.09. The Morgan fingerprint density at radius 1 is 0.627 bits per heavy atom. The van der Waals surface area contributed by atoms with Crippen LogP contribution < -0.4 is 15.9 Å². The number of rotatable bonds is 9. The molecule has 0 bridgehead atoms. The van der Waals surface area contributed by atoms with Gasteiger partial charge in [0.2, 0.25) is 0 Å². The molecule has 0 aliphatic carbocycles. The Hall–Kier alpha value is -4.65. The van der Waals surface area contributed by atoms with E-state index in [0.717, 1.165) is 12.0 Å². The first-order chi connectivity index (χ1) is 25.2. The number of ether oxygens (including phenoxy) is 1. The van der Waals surface area contributed by atoms with E-state index in [4.69, 9.17) is 4.74 Å². The van der Waals surface area contributed by atoms with Gasteiger partial charge in [-0.2, -0.15) is 0 Å². The first kappa shape index (κ1) is 34.8. The topological polar surface area (TPSA) is 9.23 Å². The van der Waals surface area contributed by atoms with Gasteiger partial charge in [0, 0.05) is 0 Å². The molecular formula is C48H41OOsP+. The third kappa shape index (κ3) is 6.75. The van der Waals surface area contributed by atoms with Gasteiger partial charge in [-0.15, -0.1) is 0 Å². The van der Waals surface area contributed by atoms with E-state index >= 15 is 0 Å². The van der Waals surface area contributed by atoms with Gasteiger partial charge in [0.15, 0.2) is 0 Å². The first-order valence-corrected chi connectivity index (χ1v) is 20.6. The second-order valence-corrected chi connectivity index (χ2v) is 16.6. The van der Waals surface area contributed by atoms with Gasteiger partial charge in [0.05, 0.1) is 0 Å². The van der Waals surface area contributed by atoms with Crippen molar-refractivity contribution in [2.24, 2.45) is 0 Å².